The van der Waals surface area contributed by atoms with E-state index in [1.807, 2.05) is 11.8 Å². The number of nitrogens with zero attached hydrogens (tertiary/aromatic N) is 1. The van der Waals surface area contributed by atoms with Crippen LogP contribution in [0, 0.1) is 5.92 Å². The molecule has 0 radical (unpaired) electrons. The van der Waals surface area contributed by atoms with Gasteiger partial charge in [-0.05, 0) is 51.3 Å². The summed E-state index contributed by atoms with van der Waals surface area (Å²) in [5.74, 6) is -1.46. The lowest BCUT2D eigenvalue weighted by atomic mass is 9.96. The van der Waals surface area contributed by atoms with E-state index in [1.165, 1.54) is 6.07 Å². The maximum absolute atomic E-state index is 13.2. The van der Waals surface area contributed by atoms with Crippen molar-refractivity contribution in [3.63, 3.8) is 0 Å². The smallest absolute Gasteiger partial charge is 0.306 e. The van der Waals surface area contributed by atoms with E-state index in [0.29, 0.717) is 43.7 Å². The molecule has 2 rings (SSSR count). The summed E-state index contributed by atoms with van der Waals surface area (Å²) in [6.45, 7) is 6.56. The zero-order chi connectivity index (χ0) is 24.6. The Morgan fingerprint density at radius 2 is 1.85 bits per heavy atom. The van der Waals surface area contributed by atoms with Crippen molar-refractivity contribution in [1.29, 1.82) is 0 Å². The number of anilines is 2. The SMILES string of the molecule is CCOC(=O)CCC(=O)Nc1ccc(N2CCC(C(N)=O)CC2)c(S(=O)(=O)NC(C)CC)c1. The molecule has 1 heterocycles. The van der Waals surface area contributed by atoms with Crippen LogP contribution in [-0.4, -0.2) is 51.9 Å². The van der Waals surface area contributed by atoms with Gasteiger partial charge in [0, 0.05) is 37.2 Å². The van der Waals surface area contributed by atoms with Gasteiger partial charge in [0.1, 0.15) is 4.90 Å². The fourth-order valence-corrected chi connectivity index (χ4v) is 5.14. The van der Waals surface area contributed by atoms with Gasteiger partial charge in [-0.15, -0.1) is 0 Å². The second kappa shape index (κ2) is 12.0. The number of sulfonamides is 1. The molecule has 1 aromatic rings. The predicted molar refractivity (Wildman–Crippen MR) is 125 cm³/mol. The maximum atomic E-state index is 13.2. The number of benzene rings is 1. The molecule has 1 atom stereocenters. The van der Waals surface area contributed by atoms with Gasteiger partial charge in [0.2, 0.25) is 21.8 Å². The number of carbonyl (C=O) groups excluding carboxylic acids is 3. The first-order valence-electron chi connectivity index (χ1n) is 11.2. The van der Waals surface area contributed by atoms with Crippen molar-refractivity contribution in [1.82, 2.24) is 4.72 Å². The van der Waals surface area contributed by atoms with Crippen LogP contribution in [0.4, 0.5) is 11.4 Å². The number of nitrogens with one attached hydrogen (secondary N) is 2. The maximum Gasteiger partial charge on any atom is 0.306 e. The molecule has 1 fully saturated rings. The van der Waals surface area contributed by atoms with E-state index in [-0.39, 0.29) is 42.2 Å². The Morgan fingerprint density at radius 3 is 2.42 bits per heavy atom. The highest BCUT2D eigenvalue weighted by atomic mass is 32.2. The average Bonchev–Trinajstić information content (AvgIpc) is 2.77. The Morgan fingerprint density at radius 1 is 1.18 bits per heavy atom. The standard InChI is InChI=1S/C22H34N4O6S/c1-4-15(3)25-33(30,31)19-14-17(24-20(27)8-9-21(28)32-5-2)6-7-18(19)26-12-10-16(11-13-26)22(23)29/h6-7,14-16,25H,4-5,8-13H2,1-3H3,(H2,23,29)(H,24,27). The van der Waals surface area contributed by atoms with Gasteiger partial charge in [0.15, 0.2) is 0 Å². The van der Waals surface area contributed by atoms with Crippen LogP contribution in [0.2, 0.25) is 0 Å². The zero-order valence-electron chi connectivity index (χ0n) is 19.4. The molecule has 1 aliphatic heterocycles. The molecule has 0 aromatic heterocycles. The zero-order valence-corrected chi connectivity index (χ0v) is 20.2. The number of hydrogen-bond donors (Lipinski definition) is 3. The highest BCUT2D eigenvalue weighted by Gasteiger charge is 2.28. The number of nitrogens with two attached hydrogens (primary N) is 1. The number of amides is 2. The normalized spacial score (nSPS) is 15.7. The van der Waals surface area contributed by atoms with Crippen LogP contribution in [0.1, 0.15) is 52.9 Å². The third kappa shape index (κ3) is 7.71. The molecule has 184 valence electrons. The summed E-state index contributed by atoms with van der Waals surface area (Å²) >= 11 is 0. The molecule has 0 bridgehead atoms. The first-order valence-corrected chi connectivity index (χ1v) is 12.7. The van der Waals surface area contributed by atoms with E-state index in [0.717, 1.165) is 0 Å². The van der Waals surface area contributed by atoms with E-state index < -0.39 is 21.9 Å². The molecule has 10 nitrogen and oxygen atoms in total. The van der Waals surface area contributed by atoms with Crippen molar-refractivity contribution in [3.8, 4) is 0 Å². The molecular weight excluding hydrogens is 448 g/mol. The summed E-state index contributed by atoms with van der Waals surface area (Å²) in [5, 5.41) is 2.65. The summed E-state index contributed by atoms with van der Waals surface area (Å²) in [5.41, 5.74) is 6.22. The number of rotatable bonds is 11. The van der Waals surface area contributed by atoms with Crippen LogP contribution in [0.25, 0.3) is 0 Å². The van der Waals surface area contributed by atoms with Crippen molar-refractivity contribution in [3.05, 3.63) is 18.2 Å². The Bertz CT molecular complexity index is 958. The van der Waals surface area contributed by atoms with Crippen LogP contribution >= 0.6 is 0 Å². The molecule has 11 heteroatoms. The fraction of sp³-hybridized carbons (Fsp3) is 0.591. The van der Waals surface area contributed by atoms with Crippen LogP contribution in [0.3, 0.4) is 0 Å². The first kappa shape index (κ1) is 26.6. The molecule has 1 aliphatic rings. The molecule has 2 amide bonds. The van der Waals surface area contributed by atoms with E-state index in [9.17, 15) is 22.8 Å². The molecule has 1 saturated heterocycles. The molecule has 1 aromatic carbocycles. The monoisotopic (exact) mass is 482 g/mol. The molecular formula is C22H34N4O6S. The predicted octanol–water partition coefficient (Wildman–Crippen LogP) is 1.75. The van der Waals surface area contributed by atoms with Crippen LogP contribution in [-0.2, 0) is 29.1 Å². The van der Waals surface area contributed by atoms with Gasteiger partial charge >= 0.3 is 5.97 Å². The lowest BCUT2D eigenvalue weighted by Crippen LogP contribution is -2.40. The Kier molecular flexibility index (Phi) is 9.66. The van der Waals surface area contributed by atoms with Crippen molar-refractivity contribution < 1.29 is 27.5 Å². The highest BCUT2D eigenvalue weighted by Crippen LogP contribution is 2.32. The van der Waals surface area contributed by atoms with E-state index in [2.05, 4.69) is 10.0 Å². The largest absolute Gasteiger partial charge is 0.466 e. The second-order valence-electron chi connectivity index (χ2n) is 8.13. The van der Waals surface area contributed by atoms with Crippen LogP contribution in [0.15, 0.2) is 23.1 Å². The average molecular weight is 483 g/mol. The van der Waals surface area contributed by atoms with Gasteiger partial charge in [0.05, 0.1) is 18.7 Å². The molecule has 0 aliphatic carbocycles. The minimum atomic E-state index is -3.88. The van der Waals surface area contributed by atoms with Gasteiger partial charge in [-0.2, -0.15) is 0 Å². The number of hydrogen-bond acceptors (Lipinski definition) is 7. The van der Waals surface area contributed by atoms with E-state index in [1.54, 1.807) is 26.0 Å². The number of ether oxygens (including phenoxy) is 1. The van der Waals surface area contributed by atoms with Crippen molar-refractivity contribution in [2.75, 3.05) is 29.9 Å². The third-order valence-corrected chi connectivity index (χ3v) is 7.22. The molecule has 1 unspecified atom stereocenters. The molecule has 0 saturated carbocycles. The second-order valence-corrected chi connectivity index (χ2v) is 9.81. The van der Waals surface area contributed by atoms with E-state index >= 15 is 0 Å². The minimum Gasteiger partial charge on any atom is -0.466 e. The summed E-state index contributed by atoms with van der Waals surface area (Å²) in [6, 6.07) is 4.42. The third-order valence-electron chi connectivity index (χ3n) is 5.60. The van der Waals surface area contributed by atoms with E-state index in [4.69, 9.17) is 10.5 Å². The van der Waals surface area contributed by atoms with Crippen molar-refractivity contribution in [2.45, 2.75) is 63.8 Å². The lowest BCUT2D eigenvalue weighted by Gasteiger charge is -2.33. The van der Waals surface area contributed by atoms with Gasteiger partial charge in [-0.25, -0.2) is 13.1 Å². The Balaban J connectivity index is 2.26. The van der Waals surface area contributed by atoms with Gasteiger partial charge in [-0.1, -0.05) is 6.92 Å². The quantitative estimate of drug-likeness (QED) is 0.407. The fourth-order valence-electron chi connectivity index (χ4n) is 3.56. The lowest BCUT2D eigenvalue weighted by molar-refractivity contribution is -0.144. The van der Waals surface area contributed by atoms with Crippen molar-refractivity contribution >= 4 is 39.2 Å². The van der Waals surface area contributed by atoms with Crippen LogP contribution in [0.5, 0.6) is 0 Å². The summed E-state index contributed by atoms with van der Waals surface area (Å²) in [6.07, 6.45) is 1.56. The number of primary amides is 1. The number of carbonyl (C=O) groups is 3. The minimum absolute atomic E-state index is 0.0449. The van der Waals surface area contributed by atoms with Gasteiger partial charge < -0.3 is 20.7 Å². The Labute approximate surface area is 195 Å². The van der Waals surface area contributed by atoms with Gasteiger partial charge in [0.25, 0.3) is 0 Å². The summed E-state index contributed by atoms with van der Waals surface area (Å²) in [7, 11) is -3.88. The first-order chi connectivity index (χ1) is 15.6. The van der Waals surface area contributed by atoms with Gasteiger partial charge in [-0.3, -0.25) is 14.4 Å². The summed E-state index contributed by atoms with van der Waals surface area (Å²) in [4.78, 5) is 37.2. The number of esters is 1. The Hall–Kier alpha value is -2.66. The van der Waals surface area contributed by atoms with Crippen molar-refractivity contribution in [2.24, 2.45) is 11.7 Å². The molecule has 0 spiro atoms. The molecule has 33 heavy (non-hydrogen) atoms. The summed E-state index contributed by atoms with van der Waals surface area (Å²) < 4.78 is 33.8. The highest BCUT2D eigenvalue weighted by molar-refractivity contribution is 7.89. The number of piperidine rings is 1. The molecule has 4 N–H and O–H groups in total. The topological polar surface area (TPSA) is 148 Å². The van der Waals surface area contributed by atoms with Crippen LogP contribution < -0.4 is 20.7 Å².